The van der Waals surface area contributed by atoms with E-state index >= 15 is 0 Å². The number of fused-ring (bicyclic) bond motifs is 2. The molecule has 0 amide bonds. The van der Waals surface area contributed by atoms with Gasteiger partial charge in [0.05, 0.1) is 43.9 Å². The number of aryl methyl sites for hydroxylation is 4. The Kier molecular flexibility index (Phi) is 29.0. The summed E-state index contributed by atoms with van der Waals surface area (Å²) in [6.07, 6.45) is 32.3. The van der Waals surface area contributed by atoms with Gasteiger partial charge in [0, 0.05) is 65.5 Å². The molecule has 466 valence electrons. The third kappa shape index (κ3) is 20.6. The van der Waals surface area contributed by atoms with E-state index in [1.54, 1.807) is 68.0 Å². The third-order valence-corrected chi connectivity index (χ3v) is 26.0. The summed E-state index contributed by atoms with van der Waals surface area (Å²) in [7, 11) is -6.98. The molecule has 10 nitrogen and oxygen atoms in total. The van der Waals surface area contributed by atoms with Crippen molar-refractivity contribution in [1.82, 2.24) is 19.4 Å². The Bertz CT molecular complexity index is 3220. The number of hydrogen-bond acceptors (Lipinski definition) is 14. The maximum atomic E-state index is 13.8. The van der Waals surface area contributed by atoms with Crippen LogP contribution in [0.1, 0.15) is 217 Å². The van der Waals surface area contributed by atoms with Crippen LogP contribution in [0.25, 0.3) is 59.5 Å². The lowest BCUT2D eigenvalue weighted by molar-refractivity contribution is 0.235. The van der Waals surface area contributed by atoms with Gasteiger partial charge in [0.2, 0.25) is 20.0 Å². The van der Waals surface area contributed by atoms with E-state index in [1.807, 2.05) is 12.4 Å². The molecule has 6 aromatic heterocycles. The maximum absolute atomic E-state index is 13.8. The van der Waals surface area contributed by atoms with Gasteiger partial charge < -0.3 is 9.47 Å². The average molecular weight is 1300 g/mol. The van der Waals surface area contributed by atoms with E-state index in [0.29, 0.717) is 51.0 Å². The van der Waals surface area contributed by atoms with E-state index in [9.17, 15) is 16.8 Å². The summed E-state index contributed by atoms with van der Waals surface area (Å²) >= 11 is 10.1. The predicted molar refractivity (Wildman–Crippen MR) is 369 cm³/mol. The van der Waals surface area contributed by atoms with Crippen LogP contribution in [0.2, 0.25) is 0 Å². The smallest absolute Gasteiger partial charge is 0.211 e. The molecule has 2 atom stereocenters. The molecular formula is C66H98N4O6S8. The number of aromatic nitrogens is 2. The van der Waals surface area contributed by atoms with Crippen molar-refractivity contribution in [2.75, 3.05) is 37.8 Å². The van der Waals surface area contributed by atoms with Crippen LogP contribution in [-0.2, 0) is 32.9 Å². The first-order valence-corrected chi connectivity index (χ1v) is 40.2. The number of unbranched alkanes of at least 4 members (excludes halogenated alkanes) is 16. The average Bonchev–Trinajstić information content (AvgIpc) is 2.10. The van der Waals surface area contributed by atoms with Crippen LogP contribution in [0, 0.1) is 25.7 Å². The first-order chi connectivity index (χ1) is 40.7. The van der Waals surface area contributed by atoms with Crippen LogP contribution >= 0.6 is 68.0 Å². The number of nitrogens with zero attached hydrogens (tertiary/aromatic N) is 2. The van der Waals surface area contributed by atoms with E-state index in [0.717, 1.165) is 151 Å². The topological polar surface area (TPSA) is 137 Å². The monoisotopic (exact) mass is 1300 g/mol. The molecule has 18 heteroatoms. The van der Waals surface area contributed by atoms with Crippen LogP contribution in [0.15, 0.2) is 36.7 Å². The van der Waals surface area contributed by atoms with E-state index in [1.165, 1.54) is 94.8 Å². The SMILES string of the molecule is CCCCCCCCCCNS(=O)(=O)CCc1cc(C)sc1-c1cnc(-c2ncc(-c3sc(-c4cc5c(OCC(CC)CCCC)c6sc(C)cc6c(OCC(CC)CCCC)c5s4)cc3CCS(=O)(=O)NCCCCCCCCCC)s2)s1. The molecule has 2 unspecified atom stereocenters. The van der Waals surface area contributed by atoms with Crippen molar-refractivity contribution in [3.05, 3.63) is 57.5 Å². The normalized spacial score (nSPS) is 13.0. The summed E-state index contributed by atoms with van der Waals surface area (Å²) in [4.78, 5) is 18.5. The third-order valence-electron chi connectivity index (χ3n) is 16.1. The predicted octanol–water partition coefficient (Wildman–Crippen LogP) is 20.8. The number of ether oxygens (including phenoxy) is 2. The molecule has 2 N–H and O–H groups in total. The number of thiophene rings is 4. The maximum Gasteiger partial charge on any atom is 0.211 e. The van der Waals surface area contributed by atoms with E-state index in [-0.39, 0.29) is 11.5 Å². The summed E-state index contributed by atoms with van der Waals surface area (Å²) in [6, 6.07) is 8.92. The molecule has 0 bridgehead atoms. The van der Waals surface area contributed by atoms with Gasteiger partial charge >= 0.3 is 0 Å². The molecule has 0 aliphatic carbocycles. The second-order valence-corrected chi connectivity index (χ2v) is 33.7. The van der Waals surface area contributed by atoms with E-state index < -0.39 is 20.0 Å². The summed E-state index contributed by atoms with van der Waals surface area (Å²) in [5, 5.41) is 3.78. The molecule has 84 heavy (non-hydrogen) atoms. The van der Waals surface area contributed by atoms with Gasteiger partial charge in [-0.3, -0.25) is 0 Å². The molecule has 7 aromatic rings. The summed E-state index contributed by atoms with van der Waals surface area (Å²) < 4.78 is 76.0. The Hall–Kier alpha value is -2.78. The minimum Gasteiger partial charge on any atom is -0.491 e. The highest BCUT2D eigenvalue weighted by molar-refractivity contribution is 7.89. The Labute approximate surface area is 529 Å². The van der Waals surface area contributed by atoms with Gasteiger partial charge in [-0.2, -0.15) is 0 Å². The van der Waals surface area contributed by atoms with Crippen LogP contribution in [0.5, 0.6) is 11.5 Å². The fourth-order valence-corrected chi connectivity index (χ4v) is 19.7. The van der Waals surface area contributed by atoms with Crippen molar-refractivity contribution in [3.63, 3.8) is 0 Å². The minimum absolute atomic E-state index is 0.0147. The van der Waals surface area contributed by atoms with Gasteiger partial charge in [0.25, 0.3) is 0 Å². The lowest BCUT2D eigenvalue weighted by Gasteiger charge is -2.19. The first kappa shape index (κ1) is 68.7. The number of benzene rings is 1. The van der Waals surface area contributed by atoms with E-state index in [4.69, 9.17) is 19.4 Å². The van der Waals surface area contributed by atoms with Gasteiger partial charge in [-0.25, -0.2) is 36.2 Å². The molecule has 0 spiro atoms. The van der Waals surface area contributed by atoms with Gasteiger partial charge in [-0.05, 0) is 99.6 Å². The zero-order chi connectivity index (χ0) is 59.9. The largest absolute Gasteiger partial charge is 0.491 e. The molecule has 0 saturated heterocycles. The van der Waals surface area contributed by atoms with Crippen LogP contribution < -0.4 is 18.9 Å². The van der Waals surface area contributed by atoms with Gasteiger partial charge in [0.1, 0.15) is 11.5 Å². The molecule has 0 radical (unpaired) electrons. The number of sulfonamides is 2. The lowest BCUT2D eigenvalue weighted by Crippen LogP contribution is -2.28. The standard InChI is InChI=1S/C66H98N4O6S8/c1-9-15-19-21-23-25-27-29-35-69-83(71,72)37-33-51-39-47(7)77-61(51)57-43-67-65(81-57)66-68-44-58(82-66)62-52(34-38-84(73,74)70-36-30-28-26-24-22-20-16-10-2)41-55(79-62)56-42-54-60(76-46-50(14-6)32-18-12-4)63-53(40-48(8)78-63)59(64(54)80-56)75-45-49(13-5)31-17-11-3/h39-44,49-50,69-70H,9-38,45-46H2,1-8H3. The van der Waals surface area contributed by atoms with Crippen molar-refractivity contribution in [2.24, 2.45) is 11.8 Å². The fourth-order valence-electron chi connectivity index (χ4n) is 10.9. The van der Waals surface area contributed by atoms with Crippen molar-refractivity contribution in [3.8, 4) is 50.8 Å². The summed E-state index contributed by atoms with van der Waals surface area (Å²) in [5.74, 6) is 2.84. The molecule has 6 heterocycles. The molecule has 0 fully saturated rings. The summed E-state index contributed by atoms with van der Waals surface area (Å²) in [5.41, 5.74) is 2.00. The molecule has 1 aromatic carbocycles. The zero-order valence-electron chi connectivity index (χ0n) is 51.9. The zero-order valence-corrected chi connectivity index (χ0v) is 58.4. The Balaban J connectivity index is 1.17. The lowest BCUT2D eigenvalue weighted by atomic mass is 10.0. The molecule has 7 rings (SSSR count). The Morgan fingerprint density at radius 1 is 0.452 bits per heavy atom. The highest BCUT2D eigenvalue weighted by Gasteiger charge is 2.26. The van der Waals surface area contributed by atoms with Crippen molar-refractivity contribution in [2.45, 2.75) is 222 Å². The highest BCUT2D eigenvalue weighted by atomic mass is 32.2. The number of nitrogens with one attached hydrogen (secondary N) is 2. The van der Waals surface area contributed by atoms with Gasteiger partial charge in [-0.15, -0.1) is 68.0 Å². The van der Waals surface area contributed by atoms with Crippen LogP contribution in [-0.4, -0.2) is 64.6 Å². The Morgan fingerprint density at radius 2 is 0.869 bits per heavy atom. The minimum atomic E-state index is -3.55. The van der Waals surface area contributed by atoms with Gasteiger partial charge in [-0.1, -0.05) is 170 Å². The number of thiazole rings is 2. The molecule has 0 saturated carbocycles. The quantitative estimate of drug-likeness (QED) is 0.0360. The van der Waals surface area contributed by atoms with Gasteiger partial charge in [0.15, 0.2) is 10.0 Å². The van der Waals surface area contributed by atoms with Crippen molar-refractivity contribution >= 4 is 108 Å². The van der Waals surface area contributed by atoms with Crippen LogP contribution in [0.4, 0.5) is 0 Å². The second-order valence-electron chi connectivity index (χ2n) is 23.2. The highest BCUT2D eigenvalue weighted by Crippen LogP contribution is 2.53. The van der Waals surface area contributed by atoms with Crippen molar-refractivity contribution in [1.29, 1.82) is 0 Å². The van der Waals surface area contributed by atoms with Crippen molar-refractivity contribution < 1.29 is 26.3 Å². The second kappa shape index (κ2) is 35.4. The molecular weight excluding hydrogens is 1200 g/mol. The van der Waals surface area contributed by atoms with Crippen LogP contribution in [0.3, 0.4) is 0 Å². The van der Waals surface area contributed by atoms with E-state index in [2.05, 4.69) is 89.1 Å². The first-order valence-electron chi connectivity index (χ1n) is 32.0. The molecule has 0 aliphatic rings. The number of rotatable bonds is 44. The molecule has 0 aliphatic heterocycles. The summed E-state index contributed by atoms with van der Waals surface area (Å²) in [6.45, 7) is 20.0. The number of hydrogen-bond donors (Lipinski definition) is 2. The fraction of sp³-hybridized carbons (Fsp3) is 0.636. The Morgan fingerprint density at radius 3 is 1.36 bits per heavy atom.